The van der Waals surface area contributed by atoms with Crippen molar-refractivity contribution in [2.24, 2.45) is 0 Å². The van der Waals surface area contributed by atoms with Gasteiger partial charge in [0.1, 0.15) is 5.76 Å². The van der Waals surface area contributed by atoms with Gasteiger partial charge >= 0.3 is 0 Å². The first kappa shape index (κ1) is 16.1. The van der Waals surface area contributed by atoms with E-state index in [2.05, 4.69) is 18.0 Å². The van der Waals surface area contributed by atoms with E-state index in [1.165, 1.54) is 5.56 Å². The fourth-order valence-corrected chi connectivity index (χ4v) is 3.99. The molecule has 0 unspecified atom stereocenters. The third-order valence-electron chi connectivity index (χ3n) is 4.79. The molecule has 2 aromatic heterocycles. The molecular weight excluding hydrogens is 332 g/mol. The van der Waals surface area contributed by atoms with Gasteiger partial charge < -0.3 is 9.32 Å². The first-order chi connectivity index (χ1) is 12.1. The fourth-order valence-electron chi connectivity index (χ4n) is 3.34. The lowest BCUT2D eigenvalue weighted by Gasteiger charge is -2.32. The second-order valence-electron chi connectivity index (χ2n) is 6.47. The van der Waals surface area contributed by atoms with E-state index in [-0.39, 0.29) is 12.3 Å². The lowest BCUT2D eigenvalue weighted by molar-refractivity contribution is -0.118. The van der Waals surface area contributed by atoms with Gasteiger partial charge in [0, 0.05) is 12.2 Å². The maximum atomic E-state index is 12.9. The zero-order valence-electron chi connectivity index (χ0n) is 14.4. The number of nitrogens with zero attached hydrogens (tertiary/aromatic N) is 2. The topological polar surface area (TPSA) is 46.3 Å². The number of hydrogen-bond donors (Lipinski definition) is 0. The van der Waals surface area contributed by atoms with Crippen LogP contribution in [0, 0.1) is 6.92 Å². The maximum Gasteiger partial charge on any atom is 0.236 e. The van der Waals surface area contributed by atoms with E-state index in [1.807, 2.05) is 47.5 Å². The fraction of sp³-hybridized carbons (Fsp3) is 0.300. The van der Waals surface area contributed by atoms with E-state index in [1.54, 1.807) is 11.3 Å². The number of fused-ring (bicyclic) bond motifs is 1. The number of aromatic nitrogens is 1. The van der Waals surface area contributed by atoms with Crippen LogP contribution in [-0.2, 0) is 11.2 Å². The number of amides is 1. The second-order valence-corrected chi connectivity index (χ2v) is 7.42. The summed E-state index contributed by atoms with van der Waals surface area (Å²) in [6, 6.07) is 12.1. The van der Waals surface area contributed by atoms with Crippen LogP contribution < -0.4 is 4.90 Å². The Balaban J connectivity index is 1.58. The molecule has 1 atom stereocenters. The van der Waals surface area contributed by atoms with E-state index >= 15 is 0 Å². The Morgan fingerprint density at radius 3 is 2.96 bits per heavy atom. The van der Waals surface area contributed by atoms with E-state index in [9.17, 15) is 4.79 Å². The van der Waals surface area contributed by atoms with Gasteiger partial charge in [-0.25, -0.2) is 4.98 Å². The molecule has 4 nitrogen and oxygen atoms in total. The van der Waals surface area contributed by atoms with Gasteiger partial charge in [-0.05, 0) is 42.3 Å². The summed E-state index contributed by atoms with van der Waals surface area (Å²) in [5.74, 6) is 1.88. The van der Waals surface area contributed by atoms with Gasteiger partial charge in [-0.1, -0.05) is 31.2 Å². The van der Waals surface area contributed by atoms with E-state index in [4.69, 9.17) is 4.42 Å². The van der Waals surface area contributed by atoms with Crippen molar-refractivity contribution >= 4 is 22.9 Å². The standard InChI is InChI=1S/C20H20N2O2S/c1-13-9-10-22(17-7-4-3-6-15(13)17)19(23)12-16-14(2)24-20(21-16)18-8-5-11-25-18/h3-8,11,13H,9-10,12H2,1-2H3/t13-/m0/s1. The molecule has 5 heteroatoms. The summed E-state index contributed by atoms with van der Waals surface area (Å²) in [5, 5.41) is 1.99. The molecule has 0 aliphatic carbocycles. The minimum Gasteiger partial charge on any atom is -0.440 e. The summed E-state index contributed by atoms with van der Waals surface area (Å²) in [5.41, 5.74) is 3.01. The smallest absolute Gasteiger partial charge is 0.236 e. The van der Waals surface area contributed by atoms with Crippen LogP contribution in [0.4, 0.5) is 5.69 Å². The van der Waals surface area contributed by atoms with E-state index < -0.39 is 0 Å². The van der Waals surface area contributed by atoms with Crippen molar-refractivity contribution in [1.29, 1.82) is 0 Å². The van der Waals surface area contributed by atoms with Gasteiger partial charge in [0.2, 0.25) is 11.8 Å². The number of aryl methyl sites for hydroxylation is 1. The minimum absolute atomic E-state index is 0.0773. The van der Waals surface area contributed by atoms with Crippen molar-refractivity contribution in [2.45, 2.75) is 32.6 Å². The molecule has 0 bridgehead atoms. The summed E-state index contributed by atoms with van der Waals surface area (Å²) in [6.07, 6.45) is 1.25. The lowest BCUT2D eigenvalue weighted by Crippen LogP contribution is -2.37. The Hall–Kier alpha value is -2.40. The van der Waals surface area contributed by atoms with E-state index in [0.29, 0.717) is 11.8 Å². The molecule has 0 radical (unpaired) electrons. The Morgan fingerprint density at radius 2 is 2.16 bits per heavy atom. The third kappa shape index (κ3) is 3.00. The number of anilines is 1. The molecule has 1 aromatic carbocycles. The molecule has 0 N–H and O–H groups in total. The van der Waals surface area contributed by atoms with Crippen LogP contribution in [0.2, 0.25) is 0 Å². The van der Waals surface area contributed by atoms with Crippen LogP contribution in [0.3, 0.4) is 0 Å². The van der Waals surface area contributed by atoms with Crippen molar-refractivity contribution in [3.05, 3.63) is 58.8 Å². The molecule has 4 rings (SSSR count). The van der Waals surface area contributed by atoms with Gasteiger partial charge in [-0.3, -0.25) is 4.79 Å². The molecule has 25 heavy (non-hydrogen) atoms. The molecule has 0 spiro atoms. The average molecular weight is 352 g/mol. The summed E-state index contributed by atoms with van der Waals surface area (Å²) >= 11 is 1.58. The quantitative estimate of drug-likeness (QED) is 0.680. The summed E-state index contributed by atoms with van der Waals surface area (Å²) in [7, 11) is 0. The molecule has 0 fully saturated rings. The molecule has 1 aliphatic heterocycles. The van der Waals surface area contributed by atoms with Gasteiger partial charge in [0.05, 0.1) is 17.0 Å². The van der Waals surface area contributed by atoms with Crippen molar-refractivity contribution in [3.8, 4) is 10.8 Å². The van der Waals surface area contributed by atoms with Crippen molar-refractivity contribution in [2.75, 3.05) is 11.4 Å². The van der Waals surface area contributed by atoms with Crippen LogP contribution in [0.15, 0.2) is 46.2 Å². The first-order valence-corrected chi connectivity index (χ1v) is 9.41. The van der Waals surface area contributed by atoms with Crippen molar-refractivity contribution in [3.63, 3.8) is 0 Å². The minimum atomic E-state index is 0.0773. The Morgan fingerprint density at radius 1 is 1.32 bits per heavy atom. The molecule has 1 aliphatic rings. The first-order valence-electron chi connectivity index (χ1n) is 8.53. The van der Waals surface area contributed by atoms with E-state index in [0.717, 1.165) is 35.0 Å². The summed E-state index contributed by atoms with van der Waals surface area (Å²) in [6.45, 7) is 4.85. The Labute approximate surface area is 151 Å². The van der Waals surface area contributed by atoms with Gasteiger partial charge in [-0.2, -0.15) is 0 Å². The number of oxazole rings is 1. The molecule has 0 saturated carbocycles. The number of carbonyl (C=O) groups is 1. The molecule has 128 valence electrons. The monoisotopic (exact) mass is 352 g/mol. The lowest BCUT2D eigenvalue weighted by atomic mass is 9.91. The Kier molecular flexibility index (Phi) is 4.17. The summed E-state index contributed by atoms with van der Waals surface area (Å²) < 4.78 is 5.76. The zero-order chi connectivity index (χ0) is 17.4. The SMILES string of the molecule is Cc1oc(-c2cccs2)nc1CC(=O)N1CC[C@H](C)c2ccccc21. The molecule has 1 amide bonds. The van der Waals surface area contributed by atoms with Crippen LogP contribution in [0.1, 0.15) is 36.3 Å². The number of hydrogen-bond acceptors (Lipinski definition) is 4. The number of para-hydroxylation sites is 1. The normalized spacial score (nSPS) is 16.7. The van der Waals surface area contributed by atoms with Crippen molar-refractivity contribution < 1.29 is 9.21 Å². The molecule has 3 heterocycles. The average Bonchev–Trinajstić information content (AvgIpc) is 3.26. The second kappa shape index (κ2) is 6.48. The van der Waals surface area contributed by atoms with Gasteiger partial charge in [-0.15, -0.1) is 11.3 Å². The highest BCUT2D eigenvalue weighted by Crippen LogP contribution is 2.35. The molecular formula is C20H20N2O2S. The predicted octanol–water partition coefficient (Wildman–Crippen LogP) is 4.79. The predicted molar refractivity (Wildman–Crippen MR) is 100 cm³/mol. The largest absolute Gasteiger partial charge is 0.440 e. The zero-order valence-corrected chi connectivity index (χ0v) is 15.2. The highest BCUT2D eigenvalue weighted by Gasteiger charge is 2.27. The highest BCUT2D eigenvalue weighted by atomic mass is 32.1. The van der Waals surface area contributed by atoms with Crippen LogP contribution >= 0.6 is 11.3 Å². The van der Waals surface area contributed by atoms with Crippen molar-refractivity contribution in [1.82, 2.24) is 4.98 Å². The van der Waals surface area contributed by atoms with Gasteiger partial charge in [0.25, 0.3) is 0 Å². The van der Waals surface area contributed by atoms with Gasteiger partial charge in [0.15, 0.2) is 0 Å². The van der Waals surface area contributed by atoms with Crippen LogP contribution in [0.25, 0.3) is 10.8 Å². The van der Waals surface area contributed by atoms with Crippen LogP contribution in [-0.4, -0.2) is 17.4 Å². The summed E-state index contributed by atoms with van der Waals surface area (Å²) in [4.78, 5) is 20.4. The number of thiophene rings is 1. The third-order valence-corrected chi connectivity index (χ3v) is 5.65. The molecule has 3 aromatic rings. The van der Waals surface area contributed by atoms with Crippen LogP contribution in [0.5, 0.6) is 0 Å². The number of rotatable bonds is 3. The number of benzene rings is 1. The molecule has 0 saturated heterocycles. The highest BCUT2D eigenvalue weighted by molar-refractivity contribution is 7.13. The Bertz CT molecular complexity index is 898. The maximum absolute atomic E-state index is 12.9. The number of carbonyl (C=O) groups excluding carboxylic acids is 1.